The number of piperazine rings is 1. The Labute approximate surface area is 194 Å². The minimum atomic E-state index is -4.42. The van der Waals surface area contributed by atoms with E-state index in [9.17, 15) is 18.0 Å². The van der Waals surface area contributed by atoms with Crippen LogP contribution in [0.2, 0.25) is 0 Å². The number of amides is 1. The van der Waals surface area contributed by atoms with E-state index in [0.29, 0.717) is 50.0 Å². The number of alkyl halides is 3. The number of guanidine groups is 1. The van der Waals surface area contributed by atoms with E-state index in [4.69, 9.17) is 4.42 Å². The van der Waals surface area contributed by atoms with Gasteiger partial charge >= 0.3 is 6.18 Å². The average molecular weight is 553 g/mol. The number of aliphatic imine (C=N–C) groups is 1. The first-order valence-electron chi connectivity index (χ1n) is 9.28. The highest BCUT2D eigenvalue weighted by atomic mass is 127. The van der Waals surface area contributed by atoms with Gasteiger partial charge in [0.15, 0.2) is 18.3 Å². The maximum atomic E-state index is 12.3. The third-order valence-corrected chi connectivity index (χ3v) is 4.44. The molecule has 1 aliphatic rings. The maximum absolute atomic E-state index is 12.3. The van der Waals surface area contributed by atoms with Crippen LogP contribution >= 0.6 is 24.0 Å². The van der Waals surface area contributed by atoms with E-state index < -0.39 is 12.8 Å². The molecule has 1 saturated heterocycles. The molecule has 0 saturated carbocycles. The molecule has 2 aromatic heterocycles. The Morgan fingerprint density at radius 1 is 1.26 bits per heavy atom. The summed E-state index contributed by atoms with van der Waals surface area (Å²) in [6.45, 7) is 1.16. The molecule has 1 N–H and O–H groups in total. The lowest BCUT2D eigenvalue weighted by molar-refractivity contribution is -0.154. The highest BCUT2D eigenvalue weighted by molar-refractivity contribution is 14.0. The summed E-state index contributed by atoms with van der Waals surface area (Å²) >= 11 is 0. The molecule has 170 valence electrons. The molecule has 8 nitrogen and oxygen atoms in total. The minimum Gasteiger partial charge on any atom is -0.468 e. The summed E-state index contributed by atoms with van der Waals surface area (Å²) in [6, 6.07) is 6.44. The first kappa shape index (κ1) is 24.8. The summed E-state index contributed by atoms with van der Waals surface area (Å²) in [5.74, 6) is 0.708. The van der Waals surface area contributed by atoms with Crippen molar-refractivity contribution >= 4 is 35.8 Å². The first-order chi connectivity index (χ1) is 14.4. The van der Waals surface area contributed by atoms with Crippen molar-refractivity contribution in [1.82, 2.24) is 20.1 Å². The number of halogens is 4. The summed E-state index contributed by atoms with van der Waals surface area (Å²) < 4.78 is 46.7. The number of nitrogens with zero attached hydrogens (tertiary/aromatic N) is 4. The van der Waals surface area contributed by atoms with Crippen molar-refractivity contribution in [2.24, 2.45) is 4.99 Å². The summed E-state index contributed by atoms with van der Waals surface area (Å²) in [5.41, 5.74) is 0.704. The van der Waals surface area contributed by atoms with Crippen LogP contribution in [0.4, 0.5) is 13.2 Å². The lowest BCUT2D eigenvalue weighted by Gasteiger charge is -2.36. The number of pyridine rings is 1. The highest BCUT2D eigenvalue weighted by Crippen LogP contribution is 2.17. The molecule has 0 aliphatic carbocycles. The van der Waals surface area contributed by atoms with Crippen LogP contribution in [0.15, 0.2) is 46.1 Å². The maximum Gasteiger partial charge on any atom is 0.422 e. The number of ether oxygens (including phenoxy) is 1. The average Bonchev–Trinajstić information content (AvgIpc) is 3.27. The largest absolute Gasteiger partial charge is 0.468 e. The number of carbonyl (C=O) groups is 1. The van der Waals surface area contributed by atoms with Crippen LogP contribution in [-0.2, 0) is 6.54 Å². The zero-order valence-corrected chi connectivity index (χ0v) is 19.1. The van der Waals surface area contributed by atoms with Gasteiger partial charge < -0.3 is 24.3 Å². The number of hydrogen-bond acceptors (Lipinski definition) is 5. The molecule has 3 heterocycles. The summed E-state index contributed by atoms with van der Waals surface area (Å²) in [7, 11) is 1.65. The van der Waals surface area contributed by atoms with Crippen LogP contribution in [0, 0.1) is 0 Å². The van der Waals surface area contributed by atoms with Crippen molar-refractivity contribution in [1.29, 1.82) is 0 Å². The Bertz CT molecular complexity index is 869. The second-order valence-corrected chi connectivity index (χ2v) is 6.56. The van der Waals surface area contributed by atoms with Crippen LogP contribution < -0.4 is 10.1 Å². The second kappa shape index (κ2) is 11.2. The van der Waals surface area contributed by atoms with Gasteiger partial charge in [-0.3, -0.25) is 9.79 Å². The Hall–Kier alpha value is -2.51. The van der Waals surface area contributed by atoms with Gasteiger partial charge in [-0.25, -0.2) is 4.98 Å². The van der Waals surface area contributed by atoms with Crippen molar-refractivity contribution in [2.45, 2.75) is 12.7 Å². The van der Waals surface area contributed by atoms with E-state index in [1.165, 1.54) is 18.5 Å². The molecule has 0 bridgehead atoms. The summed E-state index contributed by atoms with van der Waals surface area (Å²) in [4.78, 5) is 24.1. The molecule has 2 aromatic rings. The lowest BCUT2D eigenvalue weighted by Crippen LogP contribution is -2.53. The van der Waals surface area contributed by atoms with Gasteiger partial charge in [0.05, 0.1) is 6.26 Å². The van der Waals surface area contributed by atoms with E-state index in [1.807, 2.05) is 4.90 Å². The standard InChI is InChI=1S/C19H22F3N5O3.HI/c1-23-18(25-12-14-4-5-24-16(11-14)30-13-19(20,21)22)27-8-6-26(7-9-27)17(28)15-3-2-10-29-15;/h2-5,10-11H,6-9,12-13H2,1H3,(H,23,25);1H. The quantitative estimate of drug-likeness (QED) is 0.349. The van der Waals surface area contributed by atoms with Gasteiger partial charge in [-0.2, -0.15) is 13.2 Å². The summed E-state index contributed by atoms with van der Waals surface area (Å²) in [5, 5.41) is 3.18. The normalized spacial score (nSPS) is 14.8. The van der Waals surface area contributed by atoms with Crippen LogP contribution in [0.3, 0.4) is 0 Å². The van der Waals surface area contributed by atoms with E-state index in [0.717, 1.165) is 0 Å². The molecule has 1 amide bonds. The molecule has 12 heteroatoms. The Kier molecular flexibility index (Phi) is 8.95. The fourth-order valence-corrected chi connectivity index (χ4v) is 2.99. The molecule has 3 rings (SSSR count). The number of nitrogens with one attached hydrogen (secondary N) is 1. The SMILES string of the molecule is CN=C(NCc1ccnc(OCC(F)(F)F)c1)N1CCN(C(=O)c2ccco2)CC1.I. The van der Waals surface area contributed by atoms with E-state index in [1.54, 1.807) is 30.1 Å². The van der Waals surface area contributed by atoms with Gasteiger partial charge in [0.1, 0.15) is 0 Å². The van der Waals surface area contributed by atoms with Crippen LogP contribution in [0.25, 0.3) is 0 Å². The third kappa shape index (κ3) is 7.29. The Balaban J connectivity index is 0.00000341. The molecule has 0 atom stereocenters. The van der Waals surface area contributed by atoms with Crippen molar-refractivity contribution < 1.29 is 27.1 Å². The van der Waals surface area contributed by atoms with Gasteiger partial charge in [0.25, 0.3) is 5.91 Å². The van der Waals surface area contributed by atoms with Crippen LogP contribution in [-0.4, -0.2) is 72.7 Å². The zero-order chi connectivity index (χ0) is 21.6. The third-order valence-electron chi connectivity index (χ3n) is 4.44. The summed E-state index contributed by atoms with van der Waals surface area (Å²) in [6.07, 6.45) is -1.56. The van der Waals surface area contributed by atoms with Gasteiger partial charge in [-0.1, -0.05) is 0 Å². The van der Waals surface area contributed by atoms with Crippen LogP contribution in [0.1, 0.15) is 16.1 Å². The fraction of sp³-hybridized carbons (Fsp3) is 0.421. The van der Waals surface area contributed by atoms with E-state index in [2.05, 4.69) is 20.0 Å². The molecular weight excluding hydrogens is 530 g/mol. The van der Waals surface area contributed by atoms with Crippen LogP contribution in [0.5, 0.6) is 5.88 Å². The van der Waals surface area contributed by atoms with Crippen molar-refractivity contribution in [3.63, 3.8) is 0 Å². The van der Waals surface area contributed by atoms with Gasteiger partial charge in [-0.15, -0.1) is 24.0 Å². The molecule has 1 aliphatic heterocycles. The molecule has 0 unspecified atom stereocenters. The lowest BCUT2D eigenvalue weighted by atomic mass is 10.2. The number of aromatic nitrogens is 1. The predicted molar refractivity (Wildman–Crippen MR) is 118 cm³/mol. The smallest absolute Gasteiger partial charge is 0.422 e. The Morgan fingerprint density at radius 2 is 1.97 bits per heavy atom. The van der Waals surface area contributed by atoms with Crippen molar-refractivity contribution in [3.05, 3.63) is 48.0 Å². The number of rotatable bonds is 5. The molecule has 31 heavy (non-hydrogen) atoms. The van der Waals surface area contributed by atoms with E-state index in [-0.39, 0.29) is 35.8 Å². The number of hydrogen-bond donors (Lipinski definition) is 1. The predicted octanol–water partition coefficient (Wildman–Crippen LogP) is 2.77. The van der Waals surface area contributed by atoms with Gasteiger partial charge in [0.2, 0.25) is 5.88 Å². The van der Waals surface area contributed by atoms with Gasteiger partial charge in [-0.05, 0) is 23.8 Å². The molecular formula is C19H23F3IN5O3. The minimum absolute atomic E-state index is 0. The molecule has 0 spiro atoms. The fourth-order valence-electron chi connectivity index (χ4n) is 2.99. The zero-order valence-electron chi connectivity index (χ0n) is 16.8. The second-order valence-electron chi connectivity index (χ2n) is 6.56. The first-order valence-corrected chi connectivity index (χ1v) is 9.28. The topological polar surface area (TPSA) is 83.2 Å². The Morgan fingerprint density at radius 3 is 2.58 bits per heavy atom. The molecule has 1 fully saturated rings. The van der Waals surface area contributed by atoms with Gasteiger partial charge in [0, 0.05) is 52.0 Å². The monoisotopic (exact) mass is 553 g/mol. The van der Waals surface area contributed by atoms with Crippen molar-refractivity contribution in [3.8, 4) is 5.88 Å². The van der Waals surface area contributed by atoms with Crippen molar-refractivity contribution in [2.75, 3.05) is 39.8 Å². The number of carbonyl (C=O) groups excluding carboxylic acids is 1. The van der Waals surface area contributed by atoms with E-state index >= 15 is 0 Å². The molecule has 0 radical (unpaired) electrons. The molecule has 0 aromatic carbocycles. The highest BCUT2D eigenvalue weighted by Gasteiger charge is 2.29. The number of furan rings is 1.